The van der Waals surface area contributed by atoms with Crippen molar-refractivity contribution in [3.8, 4) is 11.5 Å². The monoisotopic (exact) mass is 208 g/mol. The van der Waals surface area contributed by atoms with E-state index in [0.717, 1.165) is 35.5 Å². The molecule has 3 nitrogen and oxygen atoms in total. The van der Waals surface area contributed by atoms with Gasteiger partial charge in [-0.2, -0.15) is 0 Å². The standard InChI is InChI=1S/C12H16O3/c1-8-6-10(4-3-5-13)12-11(9(8)2)14-7-15-12/h6,13H,3-5,7H2,1-2H3. The molecule has 82 valence electrons. The lowest BCUT2D eigenvalue weighted by Gasteiger charge is -2.09. The number of aliphatic hydroxyl groups is 1. The van der Waals surface area contributed by atoms with E-state index in [2.05, 4.69) is 13.0 Å². The number of hydrogen-bond donors (Lipinski definition) is 1. The lowest BCUT2D eigenvalue weighted by atomic mass is 10.0. The van der Waals surface area contributed by atoms with E-state index in [4.69, 9.17) is 14.6 Å². The highest BCUT2D eigenvalue weighted by Gasteiger charge is 2.21. The first-order valence-corrected chi connectivity index (χ1v) is 5.23. The summed E-state index contributed by atoms with van der Waals surface area (Å²) >= 11 is 0. The van der Waals surface area contributed by atoms with Gasteiger partial charge in [-0.1, -0.05) is 6.07 Å². The summed E-state index contributed by atoms with van der Waals surface area (Å²) in [5.74, 6) is 1.74. The van der Waals surface area contributed by atoms with E-state index < -0.39 is 0 Å². The Balaban J connectivity index is 2.38. The van der Waals surface area contributed by atoms with Crippen LogP contribution in [0.5, 0.6) is 11.5 Å². The number of aryl methyl sites for hydroxylation is 2. The van der Waals surface area contributed by atoms with Gasteiger partial charge in [0, 0.05) is 6.61 Å². The number of rotatable bonds is 3. The fourth-order valence-electron chi connectivity index (χ4n) is 1.86. The molecule has 0 unspecified atom stereocenters. The van der Waals surface area contributed by atoms with E-state index in [9.17, 15) is 0 Å². The lowest BCUT2D eigenvalue weighted by molar-refractivity contribution is 0.172. The van der Waals surface area contributed by atoms with Crippen LogP contribution in [-0.2, 0) is 6.42 Å². The van der Waals surface area contributed by atoms with Gasteiger partial charge in [0.2, 0.25) is 6.79 Å². The van der Waals surface area contributed by atoms with Crippen LogP contribution in [0.4, 0.5) is 0 Å². The Kier molecular flexibility index (Phi) is 2.82. The Bertz CT molecular complexity index is 372. The molecule has 0 aliphatic carbocycles. The van der Waals surface area contributed by atoms with E-state index in [1.165, 1.54) is 5.56 Å². The van der Waals surface area contributed by atoms with Gasteiger partial charge in [-0.15, -0.1) is 0 Å². The van der Waals surface area contributed by atoms with Crippen LogP contribution in [-0.4, -0.2) is 18.5 Å². The lowest BCUT2D eigenvalue weighted by Crippen LogP contribution is -1.95. The van der Waals surface area contributed by atoms with Crippen molar-refractivity contribution in [1.82, 2.24) is 0 Å². The van der Waals surface area contributed by atoms with E-state index in [1.54, 1.807) is 0 Å². The molecule has 1 aromatic rings. The van der Waals surface area contributed by atoms with Crippen molar-refractivity contribution in [2.75, 3.05) is 13.4 Å². The molecule has 0 saturated heterocycles. The zero-order chi connectivity index (χ0) is 10.8. The summed E-state index contributed by atoms with van der Waals surface area (Å²) in [7, 11) is 0. The third-order valence-corrected chi connectivity index (χ3v) is 2.83. The average molecular weight is 208 g/mol. The predicted octanol–water partition coefficient (Wildman–Crippen LogP) is 1.96. The van der Waals surface area contributed by atoms with Crippen LogP contribution in [0.1, 0.15) is 23.1 Å². The number of aliphatic hydroxyl groups excluding tert-OH is 1. The Morgan fingerprint density at radius 2 is 2.00 bits per heavy atom. The summed E-state index contributed by atoms with van der Waals surface area (Å²) in [5.41, 5.74) is 3.50. The normalized spacial score (nSPS) is 13.3. The van der Waals surface area contributed by atoms with Crippen molar-refractivity contribution >= 4 is 0 Å². The van der Waals surface area contributed by atoms with Gasteiger partial charge in [0.1, 0.15) is 0 Å². The zero-order valence-electron chi connectivity index (χ0n) is 9.17. The molecule has 0 radical (unpaired) electrons. The summed E-state index contributed by atoms with van der Waals surface area (Å²) in [4.78, 5) is 0. The summed E-state index contributed by atoms with van der Waals surface area (Å²) < 4.78 is 10.9. The van der Waals surface area contributed by atoms with Crippen LogP contribution in [0.15, 0.2) is 6.07 Å². The minimum atomic E-state index is 0.211. The molecule has 0 bridgehead atoms. The van der Waals surface area contributed by atoms with Crippen molar-refractivity contribution in [3.05, 3.63) is 22.8 Å². The first-order valence-electron chi connectivity index (χ1n) is 5.23. The van der Waals surface area contributed by atoms with Crippen molar-refractivity contribution in [1.29, 1.82) is 0 Å². The molecule has 1 aliphatic rings. The SMILES string of the molecule is Cc1cc(CCCO)c2c(c1C)OCO2. The van der Waals surface area contributed by atoms with Crippen molar-refractivity contribution in [2.45, 2.75) is 26.7 Å². The molecule has 2 rings (SSSR count). The number of hydrogen-bond acceptors (Lipinski definition) is 3. The molecule has 15 heavy (non-hydrogen) atoms. The maximum absolute atomic E-state index is 8.83. The van der Waals surface area contributed by atoms with E-state index in [-0.39, 0.29) is 6.61 Å². The third-order valence-electron chi connectivity index (χ3n) is 2.83. The maximum Gasteiger partial charge on any atom is 0.231 e. The van der Waals surface area contributed by atoms with Crippen LogP contribution < -0.4 is 9.47 Å². The van der Waals surface area contributed by atoms with Gasteiger partial charge in [0.25, 0.3) is 0 Å². The molecule has 0 atom stereocenters. The summed E-state index contributed by atoms with van der Waals surface area (Å²) in [6, 6.07) is 2.12. The third kappa shape index (κ3) is 1.79. The summed E-state index contributed by atoms with van der Waals surface area (Å²) in [6.45, 7) is 4.63. The largest absolute Gasteiger partial charge is 0.453 e. The second-order valence-corrected chi connectivity index (χ2v) is 3.87. The molecule has 1 aliphatic heterocycles. The van der Waals surface area contributed by atoms with Gasteiger partial charge in [-0.25, -0.2) is 0 Å². The van der Waals surface area contributed by atoms with Crippen molar-refractivity contribution in [2.24, 2.45) is 0 Å². The second-order valence-electron chi connectivity index (χ2n) is 3.87. The average Bonchev–Trinajstić information content (AvgIpc) is 2.70. The Labute approximate surface area is 89.6 Å². The molecule has 0 amide bonds. The highest BCUT2D eigenvalue weighted by Crippen LogP contribution is 2.40. The summed E-state index contributed by atoms with van der Waals surface area (Å²) in [5, 5.41) is 8.83. The molecule has 0 fully saturated rings. The molecular weight excluding hydrogens is 192 g/mol. The topological polar surface area (TPSA) is 38.7 Å². The van der Waals surface area contributed by atoms with Crippen LogP contribution in [0, 0.1) is 13.8 Å². The number of fused-ring (bicyclic) bond motifs is 1. The minimum Gasteiger partial charge on any atom is -0.453 e. The molecule has 0 aromatic heterocycles. The molecule has 3 heteroatoms. The van der Waals surface area contributed by atoms with Crippen molar-refractivity contribution in [3.63, 3.8) is 0 Å². The fourth-order valence-corrected chi connectivity index (χ4v) is 1.86. The van der Waals surface area contributed by atoms with E-state index >= 15 is 0 Å². The second kappa shape index (κ2) is 4.11. The summed E-state index contributed by atoms with van der Waals surface area (Å²) in [6.07, 6.45) is 1.60. The number of benzene rings is 1. The van der Waals surface area contributed by atoms with E-state index in [0.29, 0.717) is 6.79 Å². The van der Waals surface area contributed by atoms with E-state index in [1.807, 2.05) is 6.92 Å². The number of ether oxygens (including phenoxy) is 2. The first-order chi connectivity index (χ1) is 7.24. The predicted molar refractivity (Wildman–Crippen MR) is 57.4 cm³/mol. The smallest absolute Gasteiger partial charge is 0.231 e. The molecule has 1 heterocycles. The van der Waals surface area contributed by atoms with Gasteiger partial charge < -0.3 is 14.6 Å². The molecular formula is C12H16O3. The van der Waals surface area contributed by atoms with Crippen LogP contribution >= 0.6 is 0 Å². The zero-order valence-corrected chi connectivity index (χ0v) is 9.17. The Morgan fingerprint density at radius 1 is 1.27 bits per heavy atom. The Hall–Kier alpha value is -1.22. The van der Waals surface area contributed by atoms with Crippen LogP contribution in [0.2, 0.25) is 0 Å². The van der Waals surface area contributed by atoms with Crippen molar-refractivity contribution < 1.29 is 14.6 Å². The highest BCUT2D eigenvalue weighted by atomic mass is 16.7. The highest BCUT2D eigenvalue weighted by molar-refractivity contribution is 5.56. The molecule has 1 aromatic carbocycles. The van der Waals surface area contributed by atoms with Gasteiger partial charge >= 0.3 is 0 Å². The fraction of sp³-hybridized carbons (Fsp3) is 0.500. The quantitative estimate of drug-likeness (QED) is 0.825. The van der Waals surface area contributed by atoms with Crippen LogP contribution in [0.3, 0.4) is 0 Å². The maximum atomic E-state index is 8.83. The Morgan fingerprint density at radius 3 is 2.73 bits per heavy atom. The molecule has 0 spiro atoms. The van der Waals surface area contributed by atoms with Gasteiger partial charge in [0.15, 0.2) is 11.5 Å². The van der Waals surface area contributed by atoms with Gasteiger partial charge in [0.05, 0.1) is 0 Å². The minimum absolute atomic E-state index is 0.211. The van der Waals surface area contributed by atoms with Gasteiger partial charge in [-0.05, 0) is 43.4 Å². The molecule has 0 saturated carbocycles. The van der Waals surface area contributed by atoms with Gasteiger partial charge in [-0.3, -0.25) is 0 Å². The van der Waals surface area contributed by atoms with Crippen LogP contribution in [0.25, 0.3) is 0 Å². The first kappa shape index (κ1) is 10.3. The molecule has 1 N–H and O–H groups in total.